The second-order valence-electron chi connectivity index (χ2n) is 6.13. The first kappa shape index (κ1) is 14.3. The van der Waals surface area contributed by atoms with Gasteiger partial charge in [0.2, 0.25) is 0 Å². The van der Waals surface area contributed by atoms with Crippen LogP contribution in [0.25, 0.3) is 10.9 Å². The van der Waals surface area contributed by atoms with Gasteiger partial charge < -0.3 is 10.1 Å². The molecule has 0 aliphatic heterocycles. The molecule has 0 spiro atoms. The third-order valence-corrected chi connectivity index (χ3v) is 4.47. The van der Waals surface area contributed by atoms with E-state index in [1.807, 2.05) is 36.2 Å². The van der Waals surface area contributed by atoms with Crippen molar-refractivity contribution in [2.24, 2.45) is 5.92 Å². The van der Waals surface area contributed by atoms with Gasteiger partial charge >= 0.3 is 0 Å². The fourth-order valence-corrected chi connectivity index (χ4v) is 3.33. The number of para-hydroxylation sites is 1. The summed E-state index contributed by atoms with van der Waals surface area (Å²) >= 11 is 0. The van der Waals surface area contributed by atoms with Crippen LogP contribution in [0.15, 0.2) is 30.5 Å². The Morgan fingerprint density at radius 3 is 2.95 bits per heavy atom. The second kappa shape index (κ2) is 6.00. The van der Waals surface area contributed by atoms with Crippen molar-refractivity contribution in [1.29, 1.82) is 0 Å². The monoisotopic (exact) mass is 286 g/mol. The second-order valence-corrected chi connectivity index (χ2v) is 6.13. The summed E-state index contributed by atoms with van der Waals surface area (Å²) in [6.07, 6.45) is 4.65. The Morgan fingerprint density at radius 1 is 1.38 bits per heavy atom. The molecule has 1 heterocycles. The average Bonchev–Trinajstić information content (AvgIpc) is 3.05. The van der Waals surface area contributed by atoms with Crippen molar-refractivity contribution in [1.82, 2.24) is 9.88 Å². The van der Waals surface area contributed by atoms with Crippen LogP contribution in [0.3, 0.4) is 0 Å². The number of H-pyrrole nitrogens is 1. The smallest absolute Gasteiger partial charge is 0.178 e. The molecular weight excluding hydrogens is 264 g/mol. The number of likely N-dealkylation sites (N-methyl/N-ethyl adjacent to an activating group) is 1. The van der Waals surface area contributed by atoms with Gasteiger partial charge in [0.25, 0.3) is 0 Å². The van der Waals surface area contributed by atoms with Crippen molar-refractivity contribution < 1.29 is 9.90 Å². The van der Waals surface area contributed by atoms with Crippen molar-refractivity contribution in [3.05, 3.63) is 36.0 Å². The molecule has 4 nitrogen and oxygen atoms in total. The van der Waals surface area contributed by atoms with Crippen LogP contribution in [0.1, 0.15) is 29.6 Å². The van der Waals surface area contributed by atoms with Gasteiger partial charge in [-0.1, -0.05) is 24.6 Å². The Bertz CT molecular complexity index is 635. The maximum atomic E-state index is 12.5. The summed E-state index contributed by atoms with van der Waals surface area (Å²) in [5.74, 6) is 0.438. The highest BCUT2D eigenvalue weighted by Gasteiger charge is 2.26. The number of ketones is 1. The molecule has 0 saturated heterocycles. The average molecular weight is 286 g/mol. The topological polar surface area (TPSA) is 56.3 Å². The first-order chi connectivity index (χ1) is 10.1. The number of aromatic amines is 1. The van der Waals surface area contributed by atoms with E-state index in [9.17, 15) is 9.90 Å². The molecule has 2 atom stereocenters. The summed E-state index contributed by atoms with van der Waals surface area (Å²) in [6.45, 7) is 1.18. The van der Waals surface area contributed by atoms with Gasteiger partial charge in [-0.25, -0.2) is 0 Å². The van der Waals surface area contributed by atoms with Crippen LogP contribution in [0.5, 0.6) is 0 Å². The molecule has 0 radical (unpaired) electrons. The van der Waals surface area contributed by atoms with Gasteiger partial charge in [-0.2, -0.15) is 0 Å². The molecule has 2 aromatic rings. The lowest BCUT2D eigenvalue weighted by atomic mass is 10.0. The molecule has 2 N–H and O–H groups in total. The lowest BCUT2D eigenvalue weighted by Gasteiger charge is -2.22. The van der Waals surface area contributed by atoms with Gasteiger partial charge in [0, 0.05) is 29.2 Å². The van der Waals surface area contributed by atoms with E-state index in [0.29, 0.717) is 12.5 Å². The lowest BCUT2D eigenvalue weighted by molar-refractivity contribution is 0.0871. The minimum Gasteiger partial charge on any atom is -0.393 e. The molecule has 0 amide bonds. The first-order valence-electron chi connectivity index (χ1n) is 7.61. The number of carbonyl (C=O) groups is 1. The third kappa shape index (κ3) is 3.01. The summed E-state index contributed by atoms with van der Waals surface area (Å²) in [6, 6.07) is 7.86. The summed E-state index contributed by atoms with van der Waals surface area (Å²) in [5.41, 5.74) is 1.75. The first-order valence-corrected chi connectivity index (χ1v) is 7.61. The minimum absolute atomic E-state index is 0.127. The minimum atomic E-state index is -0.198. The number of nitrogens with zero attached hydrogens (tertiary/aromatic N) is 1. The quantitative estimate of drug-likeness (QED) is 0.830. The van der Waals surface area contributed by atoms with E-state index in [-0.39, 0.29) is 11.9 Å². The van der Waals surface area contributed by atoms with Gasteiger partial charge in [-0.15, -0.1) is 0 Å². The van der Waals surface area contributed by atoms with Gasteiger partial charge in [0.15, 0.2) is 5.78 Å². The number of carbonyl (C=O) groups excluding carboxylic acids is 1. The van der Waals surface area contributed by atoms with E-state index in [4.69, 9.17) is 0 Å². The van der Waals surface area contributed by atoms with Crippen molar-refractivity contribution in [3.63, 3.8) is 0 Å². The van der Waals surface area contributed by atoms with Crippen LogP contribution in [0.2, 0.25) is 0 Å². The van der Waals surface area contributed by atoms with Crippen molar-refractivity contribution in [2.75, 3.05) is 20.1 Å². The Hall–Kier alpha value is -1.65. The standard InChI is InChI=1S/C17H22N2O2/c1-19(10-12-5-4-8-16(12)20)11-17(21)14-9-18-15-7-3-2-6-13(14)15/h2-3,6-7,9,12,16,18,20H,4-5,8,10-11H2,1H3. The summed E-state index contributed by atoms with van der Waals surface area (Å²) in [5, 5.41) is 10.9. The molecular formula is C17H22N2O2. The van der Waals surface area contributed by atoms with Crippen molar-refractivity contribution in [3.8, 4) is 0 Å². The largest absolute Gasteiger partial charge is 0.393 e. The zero-order valence-electron chi connectivity index (χ0n) is 12.4. The van der Waals surface area contributed by atoms with Gasteiger partial charge in [-0.05, 0) is 31.9 Å². The number of nitrogens with one attached hydrogen (secondary N) is 1. The fourth-order valence-electron chi connectivity index (χ4n) is 3.33. The number of Topliss-reactive ketones (excluding diaryl/α,β-unsaturated/α-hetero) is 1. The molecule has 0 bridgehead atoms. The van der Waals surface area contributed by atoms with E-state index >= 15 is 0 Å². The highest BCUT2D eigenvalue weighted by atomic mass is 16.3. The van der Waals surface area contributed by atoms with Crippen molar-refractivity contribution in [2.45, 2.75) is 25.4 Å². The van der Waals surface area contributed by atoms with Crippen LogP contribution in [-0.2, 0) is 0 Å². The zero-order chi connectivity index (χ0) is 14.8. The van der Waals surface area contributed by atoms with E-state index in [2.05, 4.69) is 4.98 Å². The molecule has 1 aromatic carbocycles. The number of aromatic nitrogens is 1. The fraction of sp³-hybridized carbons (Fsp3) is 0.471. The number of benzene rings is 1. The number of aliphatic hydroxyl groups excluding tert-OH is 1. The number of rotatable bonds is 5. The highest BCUT2D eigenvalue weighted by Crippen LogP contribution is 2.26. The van der Waals surface area contributed by atoms with E-state index < -0.39 is 0 Å². The summed E-state index contributed by atoms with van der Waals surface area (Å²) in [4.78, 5) is 17.6. The van der Waals surface area contributed by atoms with E-state index in [0.717, 1.165) is 42.3 Å². The SMILES string of the molecule is CN(CC(=O)c1c[nH]c2ccccc12)CC1CCCC1O. The molecule has 1 aliphatic rings. The van der Waals surface area contributed by atoms with Gasteiger partial charge in [-0.3, -0.25) is 9.69 Å². The molecule has 1 fully saturated rings. The van der Waals surface area contributed by atoms with Gasteiger partial charge in [0.1, 0.15) is 0 Å². The molecule has 2 unspecified atom stereocenters. The number of hydrogen-bond acceptors (Lipinski definition) is 3. The Morgan fingerprint density at radius 2 is 2.19 bits per heavy atom. The molecule has 3 rings (SSSR count). The Kier molecular flexibility index (Phi) is 4.08. The maximum absolute atomic E-state index is 12.5. The van der Waals surface area contributed by atoms with Crippen LogP contribution >= 0.6 is 0 Å². The van der Waals surface area contributed by atoms with Crippen molar-refractivity contribution >= 4 is 16.7 Å². The predicted molar refractivity (Wildman–Crippen MR) is 83.5 cm³/mol. The highest BCUT2D eigenvalue weighted by molar-refractivity contribution is 6.08. The van der Waals surface area contributed by atoms with Gasteiger partial charge in [0.05, 0.1) is 12.6 Å². The molecule has 1 aromatic heterocycles. The molecule has 1 aliphatic carbocycles. The van der Waals surface area contributed by atoms with E-state index in [1.165, 1.54) is 0 Å². The number of aliphatic hydroxyl groups is 1. The van der Waals surface area contributed by atoms with Crippen LogP contribution in [0.4, 0.5) is 0 Å². The van der Waals surface area contributed by atoms with E-state index in [1.54, 1.807) is 6.20 Å². The Balaban J connectivity index is 1.65. The zero-order valence-corrected chi connectivity index (χ0v) is 12.4. The normalized spacial score (nSPS) is 22.2. The number of fused-ring (bicyclic) bond motifs is 1. The predicted octanol–water partition coefficient (Wildman–Crippen LogP) is 2.44. The Labute approximate surface area is 124 Å². The third-order valence-electron chi connectivity index (χ3n) is 4.47. The summed E-state index contributed by atoms with van der Waals surface area (Å²) < 4.78 is 0. The maximum Gasteiger partial charge on any atom is 0.178 e. The number of hydrogen-bond donors (Lipinski definition) is 2. The molecule has 4 heteroatoms. The molecule has 112 valence electrons. The molecule has 1 saturated carbocycles. The lowest BCUT2D eigenvalue weighted by Crippen LogP contribution is -2.33. The summed E-state index contributed by atoms with van der Waals surface area (Å²) in [7, 11) is 1.96. The van der Waals surface area contributed by atoms with Crippen LogP contribution in [-0.4, -0.2) is 47.0 Å². The molecule has 21 heavy (non-hydrogen) atoms. The van der Waals surface area contributed by atoms with Crippen LogP contribution < -0.4 is 0 Å². The van der Waals surface area contributed by atoms with Crippen LogP contribution in [0, 0.1) is 5.92 Å².